The summed E-state index contributed by atoms with van der Waals surface area (Å²) in [6, 6.07) is 13.9. The molecule has 0 radical (unpaired) electrons. The highest BCUT2D eigenvalue weighted by molar-refractivity contribution is 7.00. The third-order valence-electron chi connectivity index (χ3n) is 4.83. The van der Waals surface area contributed by atoms with E-state index < -0.39 is 0 Å². The van der Waals surface area contributed by atoms with E-state index >= 15 is 0 Å². The van der Waals surface area contributed by atoms with Crippen molar-refractivity contribution in [2.75, 3.05) is 13.1 Å². The van der Waals surface area contributed by atoms with Gasteiger partial charge in [0.05, 0.1) is 35.1 Å². The molecule has 1 amide bonds. The number of hydrogen-bond acceptors (Lipinski definition) is 5. The van der Waals surface area contributed by atoms with Crippen LogP contribution in [0.1, 0.15) is 22.8 Å². The number of benzene rings is 2. The minimum Gasteiger partial charge on any atom is -0.336 e. The molecular formula is C18H15N5OS. The van der Waals surface area contributed by atoms with Gasteiger partial charge in [-0.25, -0.2) is 4.98 Å². The Kier molecular flexibility index (Phi) is 3.27. The molecule has 0 saturated carbocycles. The molecule has 1 unspecified atom stereocenters. The molecule has 0 bridgehead atoms. The zero-order valence-electron chi connectivity index (χ0n) is 13.4. The van der Waals surface area contributed by atoms with Crippen LogP contribution in [0.5, 0.6) is 0 Å². The van der Waals surface area contributed by atoms with Crippen LogP contribution in [0, 0.1) is 0 Å². The van der Waals surface area contributed by atoms with Crippen LogP contribution in [0.3, 0.4) is 0 Å². The Morgan fingerprint density at radius 1 is 1.08 bits per heavy atom. The summed E-state index contributed by atoms with van der Waals surface area (Å²) in [6.07, 6.45) is 2.82. The van der Waals surface area contributed by atoms with E-state index in [0.29, 0.717) is 12.1 Å². The predicted octanol–water partition coefficient (Wildman–Crippen LogP) is 3.13. The summed E-state index contributed by atoms with van der Waals surface area (Å²) in [7, 11) is 0. The molecule has 0 aliphatic carbocycles. The molecule has 1 fully saturated rings. The zero-order valence-corrected chi connectivity index (χ0v) is 14.2. The molecule has 1 aliphatic heterocycles. The van der Waals surface area contributed by atoms with Crippen molar-refractivity contribution < 1.29 is 4.79 Å². The minimum absolute atomic E-state index is 0.0572. The summed E-state index contributed by atoms with van der Waals surface area (Å²) in [5.74, 6) is 0.0572. The number of imidazole rings is 1. The van der Waals surface area contributed by atoms with Gasteiger partial charge in [-0.3, -0.25) is 4.79 Å². The lowest BCUT2D eigenvalue weighted by molar-refractivity contribution is 0.0788. The summed E-state index contributed by atoms with van der Waals surface area (Å²) in [4.78, 5) is 19.2. The molecule has 3 heterocycles. The predicted molar refractivity (Wildman–Crippen MR) is 96.7 cm³/mol. The van der Waals surface area contributed by atoms with Crippen molar-refractivity contribution in [3.8, 4) is 0 Å². The van der Waals surface area contributed by atoms with E-state index in [4.69, 9.17) is 0 Å². The van der Waals surface area contributed by atoms with Crippen LogP contribution in [-0.2, 0) is 0 Å². The third-order valence-corrected chi connectivity index (χ3v) is 5.38. The van der Waals surface area contributed by atoms with Gasteiger partial charge in [0.2, 0.25) is 0 Å². The van der Waals surface area contributed by atoms with E-state index in [2.05, 4.69) is 24.4 Å². The molecule has 2 aromatic carbocycles. The number of carbonyl (C=O) groups is 1. The maximum Gasteiger partial charge on any atom is 0.254 e. The number of aromatic nitrogens is 4. The second-order valence-corrected chi connectivity index (χ2v) is 6.83. The van der Waals surface area contributed by atoms with Crippen molar-refractivity contribution >= 4 is 39.7 Å². The average molecular weight is 349 g/mol. The molecule has 2 aromatic heterocycles. The first-order valence-corrected chi connectivity index (χ1v) is 8.96. The van der Waals surface area contributed by atoms with E-state index in [1.54, 1.807) is 0 Å². The number of fused-ring (bicyclic) bond motifs is 2. The SMILES string of the molecule is O=C(c1ccc2nsnc2c1)N1CCC(n2cnc3ccccc32)C1. The molecule has 25 heavy (non-hydrogen) atoms. The first kappa shape index (κ1) is 14.5. The van der Waals surface area contributed by atoms with Gasteiger partial charge in [-0.1, -0.05) is 12.1 Å². The number of para-hydroxylation sites is 2. The second kappa shape index (κ2) is 5.63. The van der Waals surface area contributed by atoms with Crippen LogP contribution < -0.4 is 0 Å². The first-order chi connectivity index (χ1) is 12.3. The summed E-state index contributed by atoms with van der Waals surface area (Å²) >= 11 is 1.17. The largest absolute Gasteiger partial charge is 0.336 e. The quantitative estimate of drug-likeness (QED) is 0.558. The average Bonchev–Trinajstić information content (AvgIpc) is 3.38. The summed E-state index contributed by atoms with van der Waals surface area (Å²) < 4.78 is 10.6. The van der Waals surface area contributed by atoms with Crippen molar-refractivity contribution in [3.63, 3.8) is 0 Å². The van der Waals surface area contributed by atoms with Crippen LogP contribution in [0.15, 0.2) is 48.8 Å². The van der Waals surface area contributed by atoms with Crippen LogP contribution in [0.4, 0.5) is 0 Å². The van der Waals surface area contributed by atoms with Crippen LogP contribution >= 0.6 is 11.7 Å². The van der Waals surface area contributed by atoms with Crippen LogP contribution in [-0.4, -0.2) is 42.2 Å². The molecule has 0 spiro atoms. The highest BCUT2D eigenvalue weighted by Crippen LogP contribution is 2.27. The molecule has 6 nitrogen and oxygen atoms in total. The Labute approximate surface area is 148 Å². The highest BCUT2D eigenvalue weighted by Gasteiger charge is 2.29. The fourth-order valence-corrected chi connectivity index (χ4v) is 4.04. The molecule has 4 aromatic rings. The van der Waals surface area contributed by atoms with E-state index in [1.807, 2.05) is 47.6 Å². The second-order valence-electron chi connectivity index (χ2n) is 6.30. The third kappa shape index (κ3) is 2.39. The van der Waals surface area contributed by atoms with E-state index in [9.17, 15) is 4.79 Å². The number of amides is 1. The molecule has 124 valence electrons. The van der Waals surface area contributed by atoms with Gasteiger partial charge in [0.15, 0.2) is 0 Å². The lowest BCUT2D eigenvalue weighted by Crippen LogP contribution is -2.29. The van der Waals surface area contributed by atoms with Crippen molar-refractivity contribution in [1.82, 2.24) is 23.2 Å². The zero-order chi connectivity index (χ0) is 16.8. The normalized spacial score (nSPS) is 17.6. The van der Waals surface area contributed by atoms with Crippen molar-refractivity contribution in [1.29, 1.82) is 0 Å². The number of nitrogens with zero attached hydrogens (tertiary/aromatic N) is 5. The molecule has 0 N–H and O–H groups in total. The first-order valence-electron chi connectivity index (χ1n) is 8.23. The standard InChI is InChI=1S/C18H15N5OS/c24-18(12-5-6-14-16(9-12)21-25-20-14)22-8-7-13(10-22)23-11-19-15-3-1-2-4-17(15)23/h1-6,9,11,13H,7-8,10H2. The van der Waals surface area contributed by atoms with Gasteiger partial charge in [0.1, 0.15) is 11.0 Å². The smallest absolute Gasteiger partial charge is 0.254 e. The maximum absolute atomic E-state index is 12.8. The van der Waals surface area contributed by atoms with Gasteiger partial charge in [0, 0.05) is 18.7 Å². The Bertz CT molecular complexity index is 1090. The number of likely N-dealkylation sites (tertiary alicyclic amines) is 1. The van der Waals surface area contributed by atoms with Gasteiger partial charge in [-0.15, -0.1) is 0 Å². The Morgan fingerprint density at radius 2 is 1.96 bits per heavy atom. The van der Waals surface area contributed by atoms with E-state index in [1.165, 1.54) is 11.7 Å². The maximum atomic E-state index is 12.8. The van der Waals surface area contributed by atoms with Gasteiger partial charge in [-0.05, 0) is 36.8 Å². The topological polar surface area (TPSA) is 63.9 Å². The lowest BCUT2D eigenvalue weighted by atomic mass is 10.2. The number of hydrogen-bond donors (Lipinski definition) is 0. The molecule has 1 saturated heterocycles. The Morgan fingerprint density at radius 3 is 2.92 bits per heavy atom. The fourth-order valence-electron chi connectivity index (χ4n) is 3.52. The van der Waals surface area contributed by atoms with Gasteiger partial charge in [-0.2, -0.15) is 8.75 Å². The molecule has 1 atom stereocenters. The van der Waals surface area contributed by atoms with Crippen molar-refractivity contribution in [3.05, 3.63) is 54.4 Å². The highest BCUT2D eigenvalue weighted by atomic mass is 32.1. The summed E-state index contributed by atoms with van der Waals surface area (Å²) in [6.45, 7) is 1.45. The van der Waals surface area contributed by atoms with Crippen LogP contribution in [0.25, 0.3) is 22.1 Å². The monoisotopic (exact) mass is 349 g/mol. The number of rotatable bonds is 2. The van der Waals surface area contributed by atoms with E-state index in [0.717, 1.165) is 35.0 Å². The fraction of sp³-hybridized carbons (Fsp3) is 0.222. The van der Waals surface area contributed by atoms with Crippen LogP contribution in [0.2, 0.25) is 0 Å². The molecular weight excluding hydrogens is 334 g/mol. The summed E-state index contributed by atoms with van der Waals surface area (Å²) in [5, 5.41) is 0. The Balaban J connectivity index is 1.40. The van der Waals surface area contributed by atoms with E-state index in [-0.39, 0.29) is 11.9 Å². The molecule has 7 heteroatoms. The molecule has 5 rings (SSSR count). The lowest BCUT2D eigenvalue weighted by Gasteiger charge is -2.17. The summed E-state index contributed by atoms with van der Waals surface area (Å²) in [5.41, 5.74) is 4.42. The van der Waals surface area contributed by atoms with Crippen molar-refractivity contribution in [2.24, 2.45) is 0 Å². The van der Waals surface area contributed by atoms with Gasteiger partial charge in [0.25, 0.3) is 5.91 Å². The minimum atomic E-state index is 0.0572. The molecule has 1 aliphatic rings. The number of carbonyl (C=O) groups excluding carboxylic acids is 1. The Hall–Kier alpha value is -2.80. The van der Waals surface area contributed by atoms with Gasteiger partial charge >= 0.3 is 0 Å². The van der Waals surface area contributed by atoms with Crippen molar-refractivity contribution in [2.45, 2.75) is 12.5 Å². The van der Waals surface area contributed by atoms with Gasteiger partial charge < -0.3 is 9.47 Å².